The first kappa shape index (κ1) is 21.8. The van der Waals surface area contributed by atoms with Crippen molar-refractivity contribution >= 4 is 34.8 Å². The number of nitrogens with one attached hydrogen (secondary N) is 1. The molecular formula is C22H27ClN2O3S. The van der Waals surface area contributed by atoms with Gasteiger partial charge in [-0.25, -0.2) is 9.78 Å². The third kappa shape index (κ3) is 5.58. The van der Waals surface area contributed by atoms with Gasteiger partial charge in [0.05, 0.1) is 18.7 Å². The number of benzene rings is 1. The van der Waals surface area contributed by atoms with Crippen molar-refractivity contribution in [1.29, 1.82) is 0 Å². The normalized spacial score (nSPS) is 14.3. The van der Waals surface area contributed by atoms with Crippen LogP contribution >= 0.6 is 22.9 Å². The van der Waals surface area contributed by atoms with E-state index in [2.05, 4.69) is 10.3 Å². The van der Waals surface area contributed by atoms with Gasteiger partial charge in [-0.05, 0) is 50.8 Å². The molecule has 0 radical (unpaired) electrons. The van der Waals surface area contributed by atoms with Crippen LogP contribution in [0, 0.1) is 5.92 Å². The van der Waals surface area contributed by atoms with Crippen LogP contribution in [-0.4, -0.2) is 29.0 Å². The van der Waals surface area contributed by atoms with Crippen LogP contribution in [0.25, 0.3) is 10.6 Å². The molecule has 29 heavy (non-hydrogen) atoms. The minimum Gasteiger partial charge on any atom is -0.464 e. The summed E-state index contributed by atoms with van der Waals surface area (Å²) in [5.74, 6) is 0.0161. The van der Waals surface area contributed by atoms with Gasteiger partial charge >= 0.3 is 5.97 Å². The van der Waals surface area contributed by atoms with Crippen LogP contribution in [0.4, 0.5) is 0 Å². The third-order valence-corrected chi connectivity index (χ3v) is 6.32. The fourth-order valence-corrected chi connectivity index (χ4v) is 4.45. The molecule has 1 aromatic heterocycles. The molecule has 0 saturated heterocycles. The largest absolute Gasteiger partial charge is 0.464 e. The molecule has 1 aromatic carbocycles. The molecule has 1 saturated carbocycles. The van der Waals surface area contributed by atoms with Crippen LogP contribution < -0.4 is 5.32 Å². The number of hydrogen-bond donors (Lipinski definition) is 1. The highest BCUT2D eigenvalue weighted by molar-refractivity contribution is 7.13. The van der Waals surface area contributed by atoms with E-state index in [1.807, 2.05) is 23.6 Å². The molecule has 0 spiro atoms. The number of ether oxygens (including phenoxy) is 1. The zero-order valence-corrected chi connectivity index (χ0v) is 18.7. The van der Waals surface area contributed by atoms with Crippen LogP contribution in [0.2, 0.25) is 5.02 Å². The molecule has 1 fully saturated rings. The molecule has 1 heterocycles. The third-order valence-electron chi connectivity index (χ3n) is 5.16. The molecule has 156 valence electrons. The molecule has 1 N–H and O–H groups in total. The van der Waals surface area contributed by atoms with Crippen molar-refractivity contribution in [2.45, 2.75) is 58.4 Å². The number of amides is 1. The van der Waals surface area contributed by atoms with Crippen LogP contribution in [0.5, 0.6) is 0 Å². The maximum atomic E-state index is 12.4. The summed E-state index contributed by atoms with van der Waals surface area (Å²) in [6, 6.07) is 5.94. The molecule has 7 heteroatoms. The second kappa shape index (κ2) is 9.26. The summed E-state index contributed by atoms with van der Waals surface area (Å²) in [6.45, 7) is 5.28. The van der Waals surface area contributed by atoms with E-state index in [9.17, 15) is 9.59 Å². The highest BCUT2D eigenvalue weighted by atomic mass is 35.5. The van der Waals surface area contributed by atoms with Crippen molar-refractivity contribution in [1.82, 2.24) is 10.3 Å². The zero-order chi connectivity index (χ0) is 21.0. The quantitative estimate of drug-likeness (QED) is 0.605. The number of esters is 1. The highest BCUT2D eigenvalue weighted by Crippen LogP contribution is 2.35. The van der Waals surface area contributed by atoms with Gasteiger partial charge in [0.15, 0.2) is 0 Å². The van der Waals surface area contributed by atoms with Crippen molar-refractivity contribution in [2.24, 2.45) is 5.92 Å². The number of carbonyl (C=O) groups excluding carboxylic acids is 2. The molecule has 1 aliphatic carbocycles. The van der Waals surface area contributed by atoms with Crippen molar-refractivity contribution in [3.8, 4) is 10.6 Å². The Bertz CT molecular complexity index is 890. The Morgan fingerprint density at radius 3 is 2.76 bits per heavy atom. The monoisotopic (exact) mass is 434 g/mol. The smallest absolute Gasteiger partial charge is 0.331 e. The Labute approximate surface area is 180 Å². The molecule has 0 atom stereocenters. The summed E-state index contributed by atoms with van der Waals surface area (Å²) in [7, 11) is 0. The van der Waals surface area contributed by atoms with Gasteiger partial charge in [0.1, 0.15) is 10.5 Å². The van der Waals surface area contributed by atoms with Crippen LogP contribution in [0.3, 0.4) is 0 Å². The van der Waals surface area contributed by atoms with Gasteiger partial charge in [-0.15, -0.1) is 11.3 Å². The number of nitrogens with zero attached hydrogens (tertiary/aromatic N) is 1. The molecule has 1 aliphatic rings. The minimum absolute atomic E-state index is 0.116. The van der Waals surface area contributed by atoms with E-state index in [4.69, 9.17) is 16.3 Å². The Hall–Kier alpha value is -1.92. The highest BCUT2D eigenvalue weighted by Gasteiger charge is 2.31. The van der Waals surface area contributed by atoms with Gasteiger partial charge in [-0.1, -0.05) is 36.9 Å². The number of hydrogen-bond acceptors (Lipinski definition) is 5. The first-order valence-electron chi connectivity index (χ1n) is 10.00. The van der Waals surface area contributed by atoms with Crippen molar-refractivity contribution < 1.29 is 14.3 Å². The minimum atomic E-state index is -1.07. The maximum Gasteiger partial charge on any atom is 0.331 e. The second-order valence-electron chi connectivity index (χ2n) is 8.02. The van der Waals surface area contributed by atoms with E-state index in [0.717, 1.165) is 27.9 Å². The molecule has 1 amide bonds. The van der Waals surface area contributed by atoms with Crippen LogP contribution in [-0.2, 0) is 27.2 Å². The molecule has 3 rings (SSSR count). The second-order valence-corrected chi connectivity index (χ2v) is 9.31. The number of rotatable bonds is 8. The van der Waals surface area contributed by atoms with E-state index >= 15 is 0 Å². The predicted octanol–water partition coefficient (Wildman–Crippen LogP) is 4.81. The molecule has 0 aliphatic heterocycles. The fraction of sp³-hybridized carbons (Fsp3) is 0.500. The van der Waals surface area contributed by atoms with E-state index < -0.39 is 11.5 Å². The van der Waals surface area contributed by atoms with Crippen LogP contribution in [0.15, 0.2) is 23.6 Å². The summed E-state index contributed by atoms with van der Waals surface area (Å²) >= 11 is 7.75. The molecule has 0 bridgehead atoms. The van der Waals surface area contributed by atoms with E-state index in [0.29, 0.717) is 5.69 Å². The number of aromatic nitrogens is 1. The van der Waals surface area contributed by atoms with Gasteiger partial charge in [0.2, 0.25) is 5.91 Å². The topological polar surface area (TPSA) is 68.3 Å². The lowest BCUT2D eigenvalue weighted by atomic mass is 9.80. The average molecular weight is 435 g/mol. The number of carbonyl (C=O) groups is 2. The SMILES string of the molecule is CCOC(=O)C(C)(C)NC(=O)Cc1csc(-c2ccc(Cl)cc2CC2CCC2)n1. The lowest BCUT2D eigenvalue weighted by Crippen LogP contribution is -2.51. The predicted molar refractivity (Wildman–Crippen MR) is 116 cm³/mol. The van der Waals surface area contributed by atoms with Gasteiger partial charge < -0.3 is 10.1 Å². The van der Waals surface area contributed by atoms with Gasteiger partial charge in [-0.3, -0.25) is 4.79 Å². The van der Waals surface area contributed by atoms with Crippen molar-refractivity contribution in [2.75, 3.05) is 6.61 Å². The lowest BCUT2D eigenvalue weighted by Gasteiger charge is -2.26. The average Bonchev–Trinajstić information content (AvgIpc) is 3.06. The molecule has 5 nitrogen and oxygen atoms in total. The fourth-order valence-electron chi connectivity index (χ4n) is 3.38. The summed E-state index contributed by atoms with van der Waals surface area (Å²) < 4.78 is 5.01. The van der Waals surface area contributed by atoms with Crippen molar-refractivity contribution in [3.63, 3.8) is 0 Å². The van der Waals surface area contributed by atoms with Gasteiger partial charge in [0, 0.05) is 16.0 Å². The first-order valence-corrected chi connectivity index (χ1v) is 11.3. The summed E-state index contributed by atoms with van der Waals surface area (Å²) in [4.78, 5) is 29.0. The maximum absolute atomic E-state index is 12.4. The Morgan fingerprint density at radius 2 is 2.10 bits per heavy atom. The number of thiazole rings is 1. The Kier molecular flexibility index (Phi) is 6.96. The van der Waals surface area contributed by atoms with Gasteiger partial charge in [-0.2, -0.15) is 0 Å². The molecular weight excluding hydrogens is 408 g/mol. The standard InChI is InChI=1S/C22H27ClN2O3S/c1-4-28-21(27)22(2,3)25-19(26)12-17-13-29-20(24-17)18-9-8-16(23)11-15(18)10-14-6-5-7-14/h8-9,11,13-14H,4-7,10,12H2,1-3H3,(H,25,26). The first-order chi connectivity index (χ1) is 13.8. The van der Waals surface area contributed by atoms with E-state index in [-0.39, 0.29) is 18.9 Å². The Balaban J connectivity index is 1.69. The molecule has 2 aromatic rings. The Morgan fingerprint density at radius 1 is 1.34 bits per heavy atom. The lowest BCUT2D eigenvalue weighted by molar-refractivity contribution is -0.151. The summed E-state index contributed by atoms with van der Waals surface area (Å²) in [5.41, 5.74) is 1.92. The molecule has 0 unspecified atom stereocenters. The number of halogens is 1. The van der Waals surface area contributed by atoms with E-state index in [1.54, 1.807) is 20.8 Å². The van der Waals surface area contributed by atoms with E-state index in [1.165, 1.54) is 36.2 Å². The summed E-state index contributed by atoms with van der Waals surface area (Å²) in [6.07, 6.45) is 4.97. The van der Waals surface area contributed by atoms with Gasteiger partial charge in [0.25, 0.3) is 0 Å². The summed E-state index contributed by atoms with van der Waals surface area (Å²) in [5, 5.41) is 6.26. The zero-order valence-electron chi connectivity index (χ0n) is 17.1. The van der Waals surface area contributed by atoms with Crippen molar-refractivity contribution in [3.05, 3.63) is 39.9 Å². The van der Waals surface area contributed by atoms with Crippen LogP contribution in [0.1, 0.15) is 51.3 Å².